The van der Waals surface area contributed by atoms with Crippen LogP contribution in [0.1, 0.15) is 31.9 Å². The maximum atomic E-state index is 11.5. The van der Waals surface area contributed by atoms with Crippen LogP contribution in [0.4, 0.5) is 0 Å². The summed E-state index contributed by atoms with van der Waals surface area (Å²) in [4.78, 5) is 12.7. The minimum Gasteiger partial charge on any atom is -0.355 e. The summed E-state index contributed by atoms with van der Waals surface area (Å²) in [6.07, 6.45) is 3.03. The molecular weight excluding hydrogens is 244 g/mol. The number of hydrogen-bond acceptors (Lipinski definition) is 3. The van der Waals surface area contributed by atoms with E-state index in [0.717, 1.165) is 13.0 Å². The summed E-state index contributed by atoms with van der Waals surface area (Å²) in [6.45, 7) is 5.23. The van der Waals surface area contributed by atoms with Crippen LogP contribution in [0.25, 0.3) is 0 Å². The SMILES string of the molecule is CCCNC(=O)CNC(C)c1ccc(SC)cc1. The van der Waals surface area contributed by atoms with Crippen molar-refractivity contribution in [3.63, 3.8) is 0 Å². The zero-order chi connectivity index (χ0) is 13.4. The van der Waals surface area contributed by atoms with Gasteiger partial charge in [-0.15, -0.1) is 11.8 Å². The normalized spacial score (nSPS) is 12.2. The van der Waals surface area contributed by atoms with Crippen molar-refractivity contribution in [1.29, 1.82) is 0 Å². The van der Waals surface area contributed by atoms with Gasteiger partial charge >= 0.3 is 0 Å². The highest BCUT2D eigenvalue weighted by Crippen LogP contribution is 2.18. The Morgan fingerprint density at radius 2 is 2.00 bits per heavy atom. The molecule has 0 radical (unpaired) electrons. The zero-order valence-corrected chi connectivity index (χ0v) is 12.1. The molecule has 0 aromatic heterocycles. The summed E-state index contributed by atoms with van der Waals surface area (Å²) in [5.74, 6) is 0.0597. The summed E-state index contributed by atoms with van der Waals surface area (Å²) >= 11 is 1.73. The Balaban J connectivity index is 2.39. The molecule has 3 nitrogen and oxygen atoms in total. The van der Waals surface area contributed by atoms with E-state index in [1.807, 2.05) is 6.92 Å². The Hall–Kier alpha value is -1.00. The molecule has 0 saturated heterocycles. The minimum atomic E-state index is 0.0597. The number of hydrogen-bond donors (Lipinski definition) is 2. The lowest BCUT2D eigenvalue weighted by atomic mass is 10.1. The van der Waals surface area contributed by atoms with Gasteiger partial charge in [-0.3, -0.25) is 4.79 Å². The van der Waals surface area contributed by atoms with Crippen molar-refractivity contribution in [3.05, 3.63) is 29.8 Å². The standard InChI is InChI=1S/C14H22N2OS/c1-4-9-15-14(17)10-16-11(2)12-5-7-13(18-3)8-6-12/h5-8,11,16H,4,9-10H2,1-3H3,(H,15,17). The molecule has 1 amide bonds. The Labute approximate surface area is 114 Å². The summed E-state index contributed by atoms with van der Waals surface area (Å²) in [6, 6.07) is 8.61. The molecule has 1 rings (SSSR count). The first-order valence-corrected chi connectivity index (χ1v) is 7.54. The molecule has 4 heteroatoms. The van der Waals surface area contributed by atoms with E-state index < -0.39 is 0 Å². The second-order valence-corrected chi connectivity index (χ2v) is 5.11. The van der Waals surface area contributed by atoms with Gasteiger partial charge in [0.2, 0.25) is 5.91 Å². The molecule has 0 bridgehead atoms. The number of carbonyl (C=O) groups excluding carboxylic acids is 1. The summed E-state index contributed by atoms with van der Waals surface area (Å²) in [7, 11) is 0. The first-order chi connectivity index (χ1) is 8.67. The number of amides is 1. The quantitative estimate of drug-likeness (QED) is 0.745. The number of nitrogens with one attached hydrogen (secondary N) is 2. The molecule has 0 aliphatic rings. The van der Waals surface area contributed by atoms with E-state index in [2.05, 4.69) is 48.1 Å². The maximum Gasteiger partial charge on any atom is 0.233 e. The maximum absolute atomic E-state index is 11.5. The lowest BCUT2D eigenvalue weighted by Gasteiger charge is -2.14. The molecule has 0 aliphatic carbocycles. The van der Waals surface area contributed by atoms with Crippen molar-refractivity contribution in [2.75, 3.05) is 19.3 Å². The van der Waals surface area contributed by atoms with Crippen LogP contribution >= 0.6 is 11.8 Å². The van der Waals surface area contributed by atoms with Crippen molar-refractivity contribution < 1.29 is 4.79 Å². The molecule has 1 unspecified atom stereocenters. The molecular formula is C14H22N2OS. The van der Waals surface area contributed by atoms with E-state index in [1.165, 1.54) is 10.5 Å². The first kappa shape index (κ1) is 15.1. The van der Waals surface area contributed by atoms with Gasteiger partial charge in [0, 0.05) is 17.5 Å². The predicted octanol–water partition coefficient (Wildman–Crippen LogP) is 2.59. The number of benzene rings is 1. The second kappa shape index (κ2) is 8.16. The Morgan fingerprint density at radius 1 is 1.33 bits per heavy atom. The molecule has 0 aliphatic heterocycles. The molecule has 0 heterocycles. The molecule has 1 aromatic rings. The molecule has 18 heavy (non-hydrogen) atoms. The smallest absolute Gasteiger partial charge is 0.233 e. The topological polar surface area (TPSA) is 41.1 Å². The van der Waals surface area contributed by atoms with Crippen molar-refractivity contribution >= 4 is 17.7 Å². The molecule has 1 aromatic carbocycles. The van der Waals surface area contributed by atoms with Gasteiger partial charge in [-0.05, 0) is 37.3 Å². The van der Waals surface area contributed by atoms with Crippen LogP contribution in [0.15, 0.2) is 29.2 Å². The first-order valence-electron chi connectivity index (χ1n) is 6.31. The third kappa shape index (κ3) is 5.10. The van der Waals surface area contributed by atoms with Gasteiger partial charge in [0.1, 0.15) is 0 Å². The van der Waals surface area contributed by atoms with Gasteiger partial charge in [-0.1, -0.05) is 19.1 Å². The average molecular weight is 266 g/mol. The average Bonchev–Trinajstić information content (AvgIpc) is 2.42. The van der Waals surface area contributed by atoms with Crippen LogP contribution in [0.5, 0.6) is 0 Å². The van der Waals surface area contributed by atoms with E-state index in [9.17, 15) is 4.79 Å². The highest BCUT2D eigenvalue weighted by molar-refractivity contribution is 7.98. The van der Waals surface area contributed by atoms with Crippen LogP contribution in [0.3, 0.4) is 0 Å². The largest absolute Gasteiger partial charge is 0.355 e. The van der Waals surface area contributed by atoms with Gasteiger partial charge in [0.25, 0.3) is 0 Å². The van der Waals surface area contributed by atoms with Crippen molar-refractivity contribution in [3.8, 4) is 0 Å². The van der Waals surface area contributed by atoms with Gasteiger partial charge in [0.15, 0.2) is 0 Å². The van der Waals surface area contributed by atoms with E-state index in [0.29, 0.717) is 6.54 Å². The van der Waals surface area contributed by atoms with Crippen LogP contribution in [0, 0.1) is 0 Å². The fourth-order valence-electron chi connectivity index (χ4n) is 1.58. The lowest BCUT2D eigenvalue weighted by Crippen LogP contribution is -2.35. The highest BCUT2D eigenvalue weighted by atomic mass is 32.2. The number of rotatable bonds is 7. The Kier molecular flexibility index (Phi) is 6.83. The summed E-state index contributed by atoms with van der Waals surface area (Å²) in [5, 5.41) is 6.08. The minimum absolute atomic E-state index is 0.0597. The molecule has 0 saturated carbocycles. The molecule has 100 valence electrons. The van der Waals surface area contributed by atoms with Crippen LogP contribution < -0.4 is 10.6 Å². The van der Waals surface area contributed by atoms with Crippen molar-refractivity contribution in [2.24, 2.45) is 0 Å². The fourth-order valence-corrected chi connectivity index (χ4v) is 1.99. The lowest BCUT2D eigenvalue weighted by molar-refractivity contribution is -0.120. The van der Waals surface area contributed by atoms with Crippen molar-refractivity contribution in [2.45, 2.75) is 31.2 Å². The molecule has 2 N–H and O–H groups in total. The molecule has 0 spiro atoms. The monoisotopic (exact) mass is 266 g/mol. The van der Waals surface area contributed by atoms with Crippen molar-refractivity contribution in [1.82, 2.24) is 10.6 Å². The fraction of sp³-hybridized carbons (Fsp3) is 0.500. The zero-order valence-electron chi connectivity index (χ0n) is 11.3. The van der Waals surface area contributed by atoms with E-state index >= 15 is 0 Å². The van der Waals surface area contributed by atoms with E-state index in [4.69, 9.17) is 0 Å². The van der Waals surface area contributed by atoms with Crippen LogP contribution in [0.2, 0.25) is 0 Å². The van der Waals surface area contributed by atoms with Crippen LogP contribution in [-0.4, -0.2) is 25.3 Å². The van der Waals surface area contributed by atoms with Gasteiger partial charge < -0.3 is 10.6 Å². The molecule has 1 atom stereocenters. The third-order valence-corrected chi connectivity index (χ3v) is 3.50. The number of thioether (sulfide) groups is 1. The summed E-state index contributed by atoms with van der Waals surface area (Å²) in [5.41, 5.74) is 1.20. The highest BCUT2D eigenvalue weighted by Gasteiger charge is 2.07. The van der Waals surface area contributed by atoms with E-state index in [-0.39, 0.29) is 11.9 Å². The van der Waals surface area contributed by atoms with Gasteiger partial charge in [-0.2, -0.15) is 0 Å². The number of carbonyl (C=O) groups is 1. The predicted molar refractivity (Wildman–Crippen MR) is 77.9 cm³/mol. The van der Waals surface area contributed by atoms with Gasteiger partial charge in [-0.25, -0.2) is 0 Å². The van der Waals surface area contributed by atoms with E-state index in [1.54, 1.807) is 11.8 Å². The van der Waals surface area contributed by atoms with Gasteiger partial charge in [0.05, 0.1) is 6.54 Å². The molecule has 0 fully saturated rings. The third-order valence-electron chi connectivity index (χ3n) is 2.76. The Bertz CT molecular complexity index is 365. The Morgan fingerprint density at radius 3 is 2.56 bits per heavy atom. The summed E-state index contributed by atoms with van der Waals surface area (Å²) < 4.78 is 0. The second-order valence-electron chi connectivity index (χ2n) is 4.23. The van der Waals surface area contributed by atoms with Crippen LogP contribution in [-0.2, 0) is 4.79 Å².